The Kier molecular flexibility index (Phi) is 4.23. The van der Waals surface area contributed by atoms with Gasteiger partial charge < -0.3 is 9.47 Å². The molecule has 0 saturated carbocycles. The summed E-state index contributed by atoms with van der Waals surface area (Å²) in [6, 6.07) is 6.75. The second kappa shape index (κ2) is 5.89. The Hall–Kier alpha value is -1.52. The summed E-state index contributed by atoms with van der Waals surface area (Å²) < 4.78 is 24.5. The molecule has 4 heteroatoms. The first-order valence-corrected chi connectivity index (χ1v) is 6.03. The van der Waals surface area contributed by atoms with Gasteiger partial charge in [-0.25, -0.2) is 4.39 Å². The highest BCUT2D eigenvalue weighted by Crippen LogP contribution is 2.23. The Morgan fingerprint density at radius 2 is 1.94 bits per heavy atom. The predicted octanol–water partition coefficient (Wildman–Crippen LogP) is 3.45. The molecule has 18 heavy (non-hydrogen) atoms. The van der Waals surface area contributed by atoms with Crippen LogP contribution in [0.25, 0.3) is 10.8 Å². The van der Waals surface area contributed by atoms with Crippen molar-refractivity contribution in [2.45, 2.75) is 20.1 Å². The number of nitrogens with zero attached hydrogens (tertiary/aromatic N) is 1. The third-order valence-corrected chi connectivity index (χ3v) is 2.61. The van der Waals surface area contributed by atoms with Crippen LogP contribution in [0.4, 0.5) is 4.39 Å². The first kappa shape index (κ1) is 12.9. The highest BCUT2D eigenvalue weighted by Gasteiger charge is 2.13. The molecule has 0 atom stereocenters. The van der Waals surface area contributed by atoms with Gasteiger partial charge in [-0.2, -0.15) is 0 Å². The Bertz CT molecular complexity index is 524. The van der Waals surface area contributed by atoms with Crippen molar-refractivity contribution in [3.63, 3.8) is 0 Å². The van der Waals surface area contributed by atoms with E-state index >= 15 is 0 Å². The zero-order valence-electron chi connectivity index (χ0n) is 10.5. The van der Waals surface area contributed by atoms with Crippen LogP contribution in [0.1, 0.15) is 25.8 Å². The zero-order chi connectivity index (χ0) is 13.0. The largest absolute Gasteiger partial charge is 0.347 e. The molecule has 1 aromatic heterocycles. The van der Waals surface area contributed by atoms with Gasteiger partial charge >= 0.3 is 0 Å². The van der Waals surface area contributed by atoms with E-state index in [1.807, 2.05) is 19.9 Å². The summed E-state index contributed by atoms with van der Waals surface area (Å²) in [6.45, 7) is 4.86. The minimum Gasteiger partial charge on any atom is -0.347 e. The molecule has 96 valence electrons. The second-order valence-corrected chi connectivity index (χ2v) is 3.81. The van der Waals surface area contributed by atoms with Crippen molar-refractivity contribution in [3.8, 4) is 0 Å². The van der Waals surface area contributed by atoms with Gasteiger partial charge in [-0.05, 0) is 31.4 Å². The van der Waals surface area contributed by atoms with Crippen molar-refractivity contribution in [2.24, 2.45) is 0 Å². The molecule has 0 saturated heterocycles. The van der Waals surface area contributed by atoms with Gasteiger partial charge in [0.05, 0.1) is 5.69 Å². The first-order valence-electron chi connectivity index (χ1n) is 6.03. The van der Waals surface area contributed by atoms with Crippen LogP contribution in [0.3, 0.4) is 0 Å². The van der Waals surface area contributed by atoms with E-state index in [1.165, 1.54) is 12.3 Å². The highest BCUT2D eigenvalue weighted by atomic mass is 19.1. The number of aromatic nitrogens is 1. The molecule has 0 unspecified atom stereocenters. The minimum atomic E-state index is -0.493. The number of ether oxygens (including phenoxy) is 2. The van der Waals surface area contributed by atoms with Crippen molar-refractivity contribution >= 4 is 10.8 Å². The molecule has 0 radical (unpaired) electrons. The topological polar surface area (TPSA) is 31.4 Å². The third kappa shape index (κ3) is 2.66. The van der Waals surface area contributed by atoms with E-state index in [1.54, 1.807) is 12.1 Å². The lowest BCUT2D eigenvalue weighted by Crippen LogP contribution is -2.10. The molecule has 0 bridgehead atoms. The lowest BCUT2D eigenvalue weighted by atomic mass is 10.1. The van der Waals surface area contributed by atoms with Gasteiger partial charge in [0, 0.05) is 24.8 Å². The fourth-order valence-electron chi connectivity index (χ4n) is 1.80. The van der Waals surface area contributed by atoms with E-state index in [0.717, 1.165) is 5.39 Å². The molecule has 0 aliphatic heterocycles. The van der Waals surface area contributed by atoms with Gasteiger partial charge in [0.15, 0.2) is 0 Å². The summed E-state index contributed by atoms with van der Waals surface area (Å²) in [5.74, 6) is -0.268. The van der Waals surface area contributed by atoms with E-state index in [2.05, 4.69) is 4.98 Å². The summed E-state index contributed by atoms with van der Waals surface area (Å²) in [4.78, 5) is 4.22. The Labute approximate surface area is 106 Å². The van der Waals surface area contributed by atoms with E-state index in [0.29, 0.717) is 24.3 Å². The highest BCUT2D eigenvalue weighted by molar-refractivity contribution is 5.82. The lowest BCUT2D eigenvalue weighted by molar-refractivity contribution is -0.142. The van der Waals surface area contributed by atoms with Crippen LogP contribution in [0.5, 0.6) is 0 Å². The number of halogens is 1. The molecule has 0 aliphatic rings. The third-order valence-electron chi connectivity index (χ3n) is 2.61. The lowest BCUT2D eigenvalue weighted by Gasteiger charge is -2.16. The SMILES string of the molecule is CCOC(OCC)c1cc2cccc(F)c2cn1. The van der Waals surface area contributed by atoms with Gasteiger partial charge in [-0.1, -0.05) is 12.1 Å². The Morgan fingerprint density at radius 1 is 1.22 bits per heavy atom. The van der Waals surface area contributed by atoms with Crippen LogP contribution in [-0.2, 0) is 9.47 Å². The maximum Gasteiger partial charge on any atom is 0.201 e. The van der Waals surface area contributed by atoms with Crippen LogP contribution >= 0.6 is 0 Å². The van der Waals surface area contributed by atoms with Gasteiger partial charge in [0.25, 0.3) is 0 Å². The molecule has 1 aromatic carbocycles. The van der Waals surface area contributed by atoms with E-state index in [4.69, 9.17) is 9.47 Å². The zero-order valence-corrected chi connectivity index (χ0v) is 10.5. The fourth-order valence-corrected chi connectivity index (χ4v) is 1.80. The maximum absolute atomic E-state index is 13.5. The molecule has 0 aliphatic carbocycles. The van der Waals surface area contributed by atoms with Crippen molar-refractivity contribution in [1.29, 1.82) is 0 Å². The molecule has 2 rings (SSSR count). The van der Waals surface area contributed by atoms with Crippen molar-refractivity contribution < 1.29 is 13.9 Å². The quantitative estimate of drug-likeness (QED) is 0.760. The Morgan fingerprint density at radius 3 is 2.61 bits per heavy atom. The summed E-state index contributed by atoms with van der Waals surface area (Å²) in [5.41, 5.74) is 0.664. The summed E-state index contributed by atoms with van der Waals surface area (Å²) in [7, 11) is 0. The maximum atomic E-state index is 13.5. The van der Waals surface area contributed by atoms with Crippen LogP contribution in [0.2, 0.25) is 0 Å². The van der Waals surface area contributed by atoms with E-state index in [9.17, 15) is 4.39 Å². The predicted molar refractivity (Wildman–Crippen MR) is 67.7 cm³/mol. The smallest absolute Gasteiger partial charge is 0.201 e. The molecule has 2 aromatic rings. The number of fused-ring (bicyclic) bond motifs is 1. The van der Waals surface area contributed by atoms with Gasteiger partial charge in [0.1, 0.15) is 5.82 Å². The fraction of sp³-hybridized carbons (Fsp3) is 0.357. The van der Waals surface area contributed by atoms with Crippen molar-refractivity contribution in [1.82, 2.24) is 4.98 Å². The van der Waals surface area contributed by atoms with Crippen molar-refractivity contribution in [2.75, 3.05) is 13.2 Å². The molecule has 3 nitrogen and oxygen atoms in total. The standard InChI is InChI=1S/C14H16FNO2/c1-3-17-14(18-4-2)13-8-10-6-5-7-12(15)11(10)9-16-13/h5-9,14H,3-4H2,1-2H3. The van der Waals surface area contributed by atoms with Crippen LogP contribution in [0.15, 0.2) is 30.5 Å². The van der Waals surface area contributed by atoms with Crippen molar-refractivity contribution in [3.05, 3.63) is 42.0 Å². The number of hydrogen-bond acceptors (Lipinski definition) is 3. The average molecular weight is 249 g/mol. The summed E-state index contributed by atoms with van der Waals surface area (Å²) >= 11 is 0. The molecule has 0 amide bonds. The average Bonchev–Trinajstić information content (AvgIpc) is 2.38. The minimum absolute atomic E-state index is 0.268. The monoisotopic (exact) mass is 249 g/mol. The van der Waals surface area contributed by atoms with Crippen LogP contribution < -0.4 is 0 Å². The molecule has 0 N–H and O–H groups in total. The molecular formula is C14H16FNO2. The van der Waals surface area contributed by atoms with Crippen LogP contribution in [0, 0.1) is 5.82 Å². The van der Waals surface area contributed by atoms with Gasteiger partial charge in [-0.15, -0.1) is 0 Å². The normalized spacial score (nSPS) is 11.3. The molecule has 0 fully saturated rings. The number of benzene rings is 1. The number of rotatable bonds is 5. The van der Waals surface area contributed by atoms with Crippen LogP contribution in [-0.4, -0.2) is 18.2 Å². The summed E-state index contributed by atoms with van der Waals surface area (Å²) in [6.07, 6.45) is 1.03. The van der Waals surface area contributed by atoms with Gasteiger partial charge in [-0.3, -0.25) is 4.98 Å². The first-order chi connectivity index (χ1) is 8.76. The number of pyridine rings is 1. The second-order valence-electron chi connectivity index (χ2n) is 3.81. The van der Waals surface area contributed by atoms with E-state index < -0.39 is 6.29 Å². The molecule has 0 spiro atoms. The molecular weight excluding hydrogens is 233 g/mol. The van der Waals surface area contributed by atoms with E-state index in [-0.39, 0.29) is 5.82 Å². The van der Waals surface area contributed by atoms with Gasteiger partial charge in [0.2, 0.25) is 6.29 Å². The number of hydrogen-bond donors (Lipinski definition) is 0. The Balaban J connectivity index is 2.39. The molecule has 1 heterocycles. The summed E-state index contributed by atoms with van der Waals surface area (Å²) in [5, 5.41) is 1.30.